The summed E-state index contributed by atoms with van der Waals surface area (Å²) in [5, 5.41) is 8.86. The summed E-state index contributed by atoms with van der Waals surface area (Å²) in [6.07, 6.45) is 11.4. The summed E-state index contributed by atoms with van der Waals surface area (Å²) >= 11 is 0. The van der Waals surface area contributed by atoms with E-state index in [1.54, 1.807) is 6.08 Å². The Morgan fingerprint density at radius 1 is 1.06 bits per heavy atom. The fourth-order valence-corrected chi connectivity index (χ4v) is 4.46. The highest BCUT2D eigenvalue weighted by Crippen LogP contribution is 2.33. The van der Waals surface area contributed by atoms with Gasteiger partial charge in [0, 0.05) is 26.1 Å². The number of aliphatic hydroxyl groups excluding tert-OH is 1. The molecule has 0 radical (unpaired) electrons. The average molecular weight is 474 g/mol. The van der Waals surface area contributed by atoms with Crippen molar-refractivity contribution in [1.82, 2.24) is 4.90 Å². The molecule has 4 rings (SSSR count). The summed E-state index contributed by atoms with van der Waals surface area (Å²) in [6, 6.07) is 16.7. The van der Waals surface area contributed by atoms with Gasteiger partial charge >= 0.3 is 5.97 Å². The normalized spacial score (nSPS) is 14.9. The van der Waals surface area contributed by atoms with Gasteiger partial charge in [0.1, 0.15) is 13.2 Å². The molecular formula is C30H35NO4. The fraction of sp³-hybridized carbons (Fsp3) is 0.400. The van der Waals surface area contributed by atoms with Gasteiger partial charge in [-0.15, -0.1) is 0 Å². The lowest BCUT2D eigenvalue weighted by Gasteiger charge is -2.23. The summed E-state index contributed by atoms with van der Waals surface area (Å²) in [6.45, 7) is 2.26. The zero-order valence-corrected chi connectivity index (χ0v) is 20.3. The molecule has 0 unspecified atom stereocenters. The fourth-order valence-electron chi connectivity index (χ4n) is 4.46. The molecule has 0 aromatic heterocycles. The predicted molar refractivity (Wildman–Crippen MR) is 139 cm³/mol. The molecule has 0 bridgehead atoms. The van der Waals surface area contributed by atoms with Crippen LogP contribution in [0.2, 0.25) is 0 Å². The van der Waals surface area contributed by atoms with Crippen LogP contribution in [0.4, 0.5) is 0 Å². The van der Waals surface area contributed by atoms with E-state index < -0.39 is 6.61 Å². The SMILES string of the molecule is O=C(/C=C/c1ccc(CN(CCOC(=O)CCC2CC2)CCC2=CCc3ccccc32)cc1)CO. The number of ether oxygens (including phenoxy) is 1. The number of carbonyl (C=O) groups is 2. The first-order valence-corrected chi connectivity index (χ1v) is 12.7. The molecule has 5 heteroatoms. The van der Waals surface area contributed by atoms with Crippen molar-refractivity contribution in [3.8, 4) is 0 Å². The number of fused-ring (bicyclic) bond motifs is 1. The lowest BCUT2D eigenvalue weighted by atomic mass is 10.0. The minimum absolute atomic E-state index is 0.0853. The van der Waals surface area contributed by atoms with E-state index in [1.165, 1.54) is 35.6 Å². The van der Waals surface area contributed by atoms with E-state index in [-0.39, 0.29) is 11.8 Å². The van der Waals surface area contributed by atoms with Crippen molar-refractivity contribution in [2.75, 3.05) is 26.3 Å². The Morgan fingerprint density at radius 2 is 1.86 bits per heavy atom. The van der Waals surface area contributed by atoms with Crippen LogP contribution in [0.1, 0.15) is 54.4 Å². The number of rotatable bonds is 14. The lowest BCUT2D eigenvalue weighted by Crippen LogP contribution is -2.29. The highest BCUT2D eigenvalue weighted by atomic mass is 16.5. The van der Waals surface area contributed by atoms with Gasteiger partial charge in [-0.05, 0) is 59.1 Å². The molecule has 0 spiro atoms. The van der Waals surface area contributed by atoms with E-state index in [1.807, 2.05) is 12.1 Å². The zero-order valence-electron chi connectivity index (χ0n) is 20.3. The number of allylic oxidation sites excluding steroid dienone is 1. The van der Waals surface area contributed by atoms with Gasteiger partial charge in [0.2, 0.25) is 0 Å². The quantitative estimate of drug-likeness (QED) is 0.315. The standard InChI is InChI=1S/C30H35NO4/c32-22-28(33)15-11-23-7-9-25(10-8-23)21-31(19-20-35-30(34)16-12-24-5-6-24)18-17-27-14-13-26-3-1-2-4-29(26)27/h1-4,7-11,14-15,24,32H,5-6,12-13,16-22H2/b15-11+. The minimum atomic E-state index is -0.477. The number of hydrogen-bond acceptors (Lipinski definition) is 5. The van der Waals surface area contributed by atoms with E-state index in [0.29, 0.717) is 19.6 Å². The summed E-state index contributed by atoms with van der Waals surface area (Å²) in [5.41, 5.74) is 6.21. The van der Waals surface area contributed by atoms with Crippen LogP contribution in [-0.4, -0.2) is 48.1 Å². The van der Waals surface area contributed by atoms with Crippen molar-refractivity contribution >= 4 is 23.4 Å². The molecule has 2 aliphatic carbocycles. The summed E-state index contributed by atoms with van der Waals surface area (Å²) in [5.74, 6) is 0.341. The van der Waals surface area contributed by atoms with Crippen LogP contribution in [0.5, 0.6) is 0 Å². The third kappa shape index (κ3) is 8.01. The zero-order chi connectivity index (χ0) is 24.5. The lowest BCUT2D eigenvalue weighted by molar-refractivity contribution is -0.144. The molecule has 0 saturated heterocycles. The van der Waals surface area contributed by atoms with E-state index >= 15 is 0 Å². The topological polar surface area (TPSA) is 66.8 Å². The van der Waals surface area contributed by atoms with Gasteiger partial charge in [0.25, 0.3) is 0 Å². The molecule has 2 aromatic carbocycles. The van der Waals surface area contributed by atoms with Crippen LogP contribution in [0.25, 0.3) is 11.6 Å². The van der Waals surface area contributed by atoms with Crippen molar-refractivity contribution in [2.24, 2.45) is 5.92 Å². The monoisotopic (exact) mass is 473 g/mol. The Morgan fingerprint density at radius 3 is 2.63 bits per heavy atom. The molecule has 1 saturated carbocycles. The molecule has 5 nitrogen and oxygen atoms in total. The Balaban J connectivity index is 1.33. The molecule has 0 aliphatic heterocycles. The minimum Gasteiger partial charge on any atom is -0.464 e. The molecule has 1 N–H and O–H groups in total. The summed E-state index contributed by atoms with van der Waals surface area (Å²) in [7, 11) is 0. The first kappa shape index (κ1) is 25.1. The smallest absolute Gasteiger partial charge is 0.305 e. The number of carbonyl (C=O) groups excluding carboxylic acids is 2. The maximum atomic E-state index is 12.1. The van der Waals surface area contributed by atoms with Crippen LogP contribution in [-0.2, 0) is 27.3 Å². The number of benzene rings is 2. The van der Waals surface area contributed by atoms with Gasteiger partial charge in [-0.25, -0.2) is 0 Å². The van der Waals surface area contributed by atoms with Crippen molar-refractivity contribution in [1.29, 1.82) is 0 Å². The molecular weight excluding hydrogens is 438 g/mol. The van der Waals surface area contributed by atoms with Crippen LogP contribution in [0.3, 0.4) is 0 Å². The van der Waals surface area contributed by atoms with Crippen LogP contribution < -0.4 is 0 Å². The van der Waals surface area contributed by atoms with Gasteiger partial charge in [0.15, 0.2) is 5.78 Å². The molecule has 35 heavy (non-hydrogen) atoms. The first-order valence-electron chi connectivity index (χ1n) is 12.7. The van der Waals surface area contributed by atoms with Crippen molar-refractivity contribution in [2.45, 2.75) is 45.1 Å². The average Bonchev–Trinajstić information content (AvgIpc) is 3.63. The molecule has 1 fully saturated rings. The van der Waals surface area contributed by atoms with Crippen LogP contribution in [0, 0.1) is 5.92 Å². The second-order valence-electron chi connectivity index (χ2n) is 9.52. The maximum Gasteiger partial charge on any atom is 0.305 e. The number of hydrogen-bond donors (Lipinski definition) is 1. The Hall–Kier alpha value is -3.02. The molecule has 0 amide bonds. The molecule has 184 valence electrons. The molecule has 2 aromatic rings. The third-order valence-electron chi connectivity index (χ3n) is 6.76. The van der Waals surface area contributed by atoms with E-state index in [9.17, 15) is 9.59 Å². The maximum absolute atomic E-state index is 12.1. The number of nitrogens with zero attached hydrogens (tertiary/aromatic N) is 1. The van der Waals surface area contributed by atoms with E-state index in [2.05, 4.69) is 47.4 Å². The highest BCUT2D eigenvalue weighted by Gasteiger charge is 2.22. The van der Waals surface area contributed by atoms with Gasteiger partial charge in [0.05, 0.1) is 0 Å². The Labute approximate surface area is 208 Å². The number of aliphatic hydroxyl groups is 1. The van der Waals surface area contributed by atoms with Crippen molar-refractivity contribution < 1.29 is 19.4 Å². The van der Waals surface area contributed by atoms with Crippen LogP contribution in [0.15, 0.2) is 60.7 Å². The van der Waals surface area contributed by atoms with E-state index in [0.717, 1.165) is 49.4 Å². The van der Waals surface area contributed by atoms with Crippen molar-refractivity contribution in [3.63, 3.8) is 0 Å². The van der Waals surface area contributed by atoms with Gasteiger partial charge in [-0.2, -0.15) is 0 Å². The summed E-state index contributed by atoms with van der Waals surface area (Å²) < 4.78 is 5.54. The largest absolute Gasteiger partial charge is 0.464 e. The van der Waals surface area contributed by atoms with Crippen LogP contribution >= 0.6 is 0 Å². The molecule has 0 atom stereocenters. The van der Waals surface area contributed by atoms with Gasteiger partial charge in [-0.3, -0.25) is 14.5 Å². The summed E-state index contributed by atoms with van der Waals surface area (Å²) in [4.78, 5) is 25.7. The molecule has 0 heterocycles. The second kappa shape index (κ2) is 12.6. The number of esters is 1. The Bertz CT molecular complexity index is 1070. The van der Waals surface area contributed by atoms with Gasteiger partial charge < -0.3 is 9.84 Å². The number of ketones is 1. The van der Waals surface area contributed by atoms with E-state index in [4.69, 9.17) is 9.84 Å². The molecule has 2 aliphatic rings. The van der Waals surface area contributed by atoms with Gasteiger partial charge in [-0.1, -0.05) is 73.5 Å². The first-order chi connectivity index (χ1) is 17.1. The Kier molecular flexibility index (Phi) is 9.04. The van der Waals surface area contributed by atoms with Crippen molar-refractivity contribution in [3.05, 3.63) is 82.9 Å². The third-order valence-corrected chi connectivity index (χ3v) is 6.76. The predicted octanol–water partition coefficient (Wildman–Crippen LogP) is 4.83. The highest BCUT2D eigenvalue weighted by molar-refractivity contribution is 5.94. The second-order valence-corrected chi connectivity index (χ2v) is 9.52.